The van der Waals surface area contributed by atoms with Gasteiger partial charge in [0.2, 0.25) is 0 Å². The summed E-state index contributed by atoms with van der Waals surface area (Å²) in [5, 5.41) is 2.60. The molecule has 0 spiro atoms. The number of furan rings is 1. The van der Waals surface area contributed by atoms with Gasteiger partial charge in [-0.25, -0.2) is 0 Å². The zero-order valence-electron chi connectivity index (χ0n) is 8.94. The molecule has 2 aromatic carbocycles. The van der Waals surface area contributed by atoms with E-state index in [1.807, 2.05) is 30.3 Å². The molecule has 1 nitrogen and oxygen atoms in total. The van der Waals surface area contributed by atoms with Gasteiger partial charge in [0, 0.05) is 15.4 Å². The van der Waals surface area contributed by atoms with Gasteiger partial charge in [-0.15, -0.1) is 0 Å². The second-order valence-corrected chi connectivity index (χ2v) is 4.27. The maximum atomic E-state index is 5.55. The summed E-state index contributed by atoms with van der Waals surface area (Å²) in [6, 6.07) is 16.9. The number of halogens is 2. The Hall–Kier alpha value is -1.44. The molecule has 0 saturated heterocycles. The van der Waals surface area contributed by atoms with Gasteiger partial charge < -0.3 is 4.42 Å². The highest BCUT2D eigenvalue weighted by Gasteiger charge is 1.89. The summed E-state index contributed by atoms with van der Waals surface area (Å²) in [4.78, 5) is 0. The summed E-state index contributed by atoms with van der Waals surface area (Å²) < 4.78 is 5.12. The van der Waals surface area contributed by atoms with Crippen molar-refractivity contribution in [3.63, 3.8) is 0 Å². The molecular formula is C14H10Cl2O. The van der Waals surface area contributed by atoms with Crippen molar-refractivity contribution in [1.82, 2.24) is 0 Å². The van der Waals surface area contributed by atoms with Crippen molar-refractivity contribution in [3.05, 3.63) is 70.9 Å². The van der Waals surface area contributed by atoms with Crippen LogP contribution in [0, 0.1) is 0 Å². The second kappa shape index (κ2) is 5.76. The SMILES string of the molecule is Clc1ccc(Cl)cc1.c1ccc2occc2c1. The third kappa shape index (κ3) is 3.52. The van der Waals surface area contributed by atoms with Crippen molar-refractivity contribution in [3.8, 4) is 0 Å². The van der Waals surface area contributed by atoms with Gasteiger partial charge >= 0.3 is 0 Å². The van der Waals surface area contributed by atoms with Gasteiger partial charge in [0.05, 0.1) is 6.26 Å². The summed E-state index contributed by atoms with van der Waals surface area (Å²) >= 11 is 11.1. The van der Waals surface area contributed by atoms with E-state index in [0.717, 1.165) is 21.0 Å². The van der Waals surface area contributed by atoms with Gasteiger partial charge in [-0.2, -0.15) is 0 Å². The third-order valence-corrected chi connectivity index (χ3v) is 2.67. The first-order chi connectivity index (χ1) is 8.25. The molecule has 0 aliphatic heterocycles. The Morgan fingerprint density at radius 3 is 1.88 bits per heavy atom. The number of hydrogen-bond donors (Lipinski definition) is 0. The van der Waals surface area contributed by atoms with E-state index in [4.69, 9.17) is 27.6 Å². The molecule has 0 fully saturated rings. The first kappa shape index (κ1) is 12.0. The molecule has 0 amide bonds. The Bertz CT molecular complexity index is 533. The molecule has 1 aromatic heterocycles. The Labute approximate surface area is 110 Å². The van der Waals surface area contributed by atoms with Gasteiger partial charge in [-0.05, 0) is 36.4 Å². The fourth-order valence-corrected chi connectivity index (χ4v) is 1.59. The summed E-state index contributed by atoms with van der Waals surface area (Å²) in [5.41, 5.74) is 0.956. The van der Waals surface area contributed by atoms with E-state index in [1.165, 1.54) is 0 Å². The summed E-state index contributed by atoms with van der Waals surface area (Å²) in [6.07, 6.45) is 1.70. The Balaban J connectivity index is 0.000000128. The Morgan fingerprint density at radius 1 is 0.706 bits per heavy atom. The second-order valence-electron chi connectivity index (χ2n) is 3.39. The van der Waals surface area contributed by atoms with Crippen LogP contribution >= 0.6 is 23.2 Å². The minimum absolute atomic E-state index is 0.717. The molecule has 86 valence electrons. The summed E-state index contributed by atoms with van der Waals surface area (Å²) in [7, 11) is 0. The number of rotatable bonds is 0. The van der Waals surface area contributed by atoms with Gasteiger partial charge in [-0.1, -0.05) is 41.4 Å². The van der Waals surface area contributed by atoms with Crippen LogP contribution in [-0.2, 0) is 0 Å². The number of para-hydroxylation sites is 1. The van der Waals surface area contributed by atoms with E-state index >= 15 is 0 Å². The van der Waals surface area contributed by atoms with E-state index in [2.05, 4.69) is 0 Å². The monoisotopic (exact) mass is 264 g/mol. The van der Waals surface area contributed by atoms with E-state index in [0.29, 0.717) is 0 Å². The maximum absolute atomic E-state index is 5.55. The lowest BCUT2D eigenvalue weighted by atomic mass is 10.3. The predicted molar refractivity (Wildman–Crippen MR) is 72.7 cm³/mol. The molecule has 3 rings (SSSR count). The Morgan fingerprint density at radius 2 is 1.29 bits per heavy atom. The molecule has 0 atom stereocenters. The van der Waals surface area contributed by atoms with Gasteiger partial charge in [-0.3, -0.25) is 0 Å². The number of hydrogen-bond acceptors (Lipinski definition) is 1. The van der Waals surface area contributed by atoms with Gasteiger partial charge in [0.25, 0.3) is 0 Å². The fourth-order valence-electron chi connectivity index (χ4n) is 1.34. The zero-order chi connectivity index (χ0) is 12.1. The molecule has 3 aromatic rings. The highest BCUT2D eigenvalue weighted by atomic mass is 35.5. The lowest BCUT2D eigenvalue weighted by molar-refractivity contribution is 0.616. The largest absolute Gasteiger partial charge is 0.464 e. The van der Waals surface area contributed by atoms with E-state index in [-0.39, 0.29) is 0 Å². The molecule has 17 heavy (non-hydrogen) atoms. The topological polar surface area (TPSA) is 13.1 Å². The molecule has 0 bridgehead atoms. The van der Waals surface area contributed by atoms with Crippen LogP contribution in [0.2, 0.25) is 10.0 Å². The van der Waals surface area contributed by atoms with Crippen molar-refractivity contribution in [2.24, 2.45) is 0 Å². The molecule has 0 aliphatic rings. The van der Waals surface area contributed by atoms with E-state index in [1.54, 1.807) is 30.5 Å². The standard InChI is InChI=1S/C8H6O.C6H4Cl2/c1-2-4-8-7(3-1)5-6-9-8;7-5-1-2-6(8)4-3-5/h1-6H;1-4H. The molecule has 0 radical (unpaired) electrons. The van der Waals surface area contributed by atoms with Crippen LogP contribution in [0.5, 0.6) is 0 Å². The zero-order valence-corrected chi connectivity index (χ0v) is 10.4. The summed E-state index contributed by atoms with van der Waals surface area (Å²) in [6.45, 7) is 0. The molecule has 0 aliphatic carbocycles. The molecule has 0 unspecified atom stereocenters. The molecular weight excluding hydrogens is 255 g/mol. The Kier molecular flexibility index (Phi) is 4.08. The highest BCUT2D eigenvalue weighted by molar-refractivity contribution is 6.32. The van der Waals surface area contributed by atoms with E-state index < -0.39 is 0 Å². The quantitative estimate of drug-likeness (QED) is 0.528. The fraction of sp³-hybridized carbons (Fsp3) is 0. The van der Waals surface area contributed by atoms with Crippen LogP contribution in [-0.4, -0.2) is 0 Å². The van der Waals surface area contributed by atoms with Crippen molar-refractivity contribution in [2.75, 3.05) is 0 Å². The van der Waals surface area contributed by atoms with E-state index in [9.17, 15) is 0 Å². The van der Waals surface area contributed by atoms with Gasteiger partial charge in [0.15, 0.2) is 0 Å². The van der Waals surface area contributed by atoms with Crippen LogP contribution in [0.1, 0.15) is 0 Å². The lowest BCUT2D eigenvalue weighted by Gasteiger charge is -1.86. The minimum Gasteiger partial charge on any atom is -0.464 e. The number of fused-ring (bicyclic) bond motifs is 1. The van der Waals surface area contributed by atoms with Crippen molar-refractivity contribution >= 4 is 34.2 Å². The molecule has 0 saturated carbocycles. The predicted octanol–water partition coefficient (Wildman–Crippen LogP) is 5.43. The van der Waals surface area contributed by atoms with Crippen LogP contribution in [0.3, 0.4) is 0 Å². The van der Waals surface area contributed by atoms with Crippen molar-refractivity contribution in [1.29, 1.82) is 0 Å². The van der Waals surface area contributed by atoms with Crippen molar-refractivity contribution < 1.29 is 4.42 Å². The van der Waals surface area contributed by atoms with Crippen molar-refractivity contribution in [2.45, 2.75) is 0 Å². The molecule has 0 N–H and O–H groups in total. The average molecular weight is 265 g/mol. The maximum Gasteiger partial charge on any atom is 0.133 e. The molecule has 1 heterocycles. The third-order valence-electron chi connectivity index (χ3n) is 2.17. The van der Waals surface area contributed by atoms with Crippen LogP contribution < -0.4 is 0 Å². The van der Waals surface area contributed by atoms with Crippen LogP contribution in [0.4, 0.5) is 0 Å². The first-order valence-electron chi connectivity index (χ1n) is 5.09. The molecule has 3 heteroatoms. The normalized spacial score (nSPS) is 9.76. The number of benzene rings is 2. The van der Waals surface area contributed by atoms with Gasteiger partial charge in [0.1, 0.15) is 5.58 Å². The van der Waals surface area contributed by atoms with Crippen LogP contribution in [0.15, 0.2) is 65.3 Å². The smallest absolute Gasteiger partial charge is 0.133 e. The lowest BCUT2D eigenvalue weighted by Crippen LogP contribution is -1.60. The highest BCUT2D eigenvalue weighted by Crippen LogP contribution is 2.13. The van der Waals surface area contributed by atoms with Crippen LogP contribution in [0.25, 0.3) is 11.0 Å². The first-order valence-corrected chi connectivity index (χ1v) is 5.84. The average Bonchev–Trinajstić information content (AvgIpc) is 2.82. The minimum atomic E-state index is 0.717. The summed E-state index contributed by atoms with van der Waals surface area (Å²) in [5.74, 6) is 0.